The van der Waals surface area contributed by atoms with Crippen LogP contribution in [0.1, 0.15) is 26.2 Å². The minimum Gasteiger partial charge on any atom is -0.0709 e. The summed E-state index contributed by atoms with van der Waals surface area (Å²) in [5, 5.41) is 0. The maximum Gasteiger partial charge on any atom is 0.0476 e. The summed E-state index contributed by atoms with van der Waals surface area (Å²) in [4.78, 5) is 0. The van der Waals surface area contributed by atoms with Crippen molar-refractivity contribution in [2.24, 2.45) is 0 Å². The van der Waals surface area contributed by atoms with Gasteiger partial charge in [0.1, 0.15) is 0 Å². The molecule has 1 radical (unpaired) electrons. The lowest BCUT2D eigenvalue weighted by molar-refractivity contribution is 0.648. The minimum atomic E-state index is 0.129. The van der Waals surface area contributed by atoms with Crippen molar-refractivity contribution in [3.63, 3.8) is 0 Å². The minimum absolute atomic E-state index is 0.129. The van der Waals surface area contributed by atoms with Crippen LogP contribution in [0.4, 0.5) is 0 Å². The van der Waals surface area contributed by atoms with Gasteiger partial charge >= 0.3 is 0 Å². The van der Waals surface area contributed by atoms with Crippen LogP contribution >= 0.6 is 0 Å². The van der Waals surface area contributed by atoms with E-state index in [2.05, 4.69) is 13.5 Å². The van der Waals surface area contributed by atoms with Gasteiger partial charge in [0, 0.05) is 8.80 Å². The highest BCUT2D eigenvalue weighted by molar-refractivity contribution is 6.59. The fourth-order valence-electron chi connectivity index (χ4n) is 1.35. The number of hydrogen-bond donors (Lipinski definition) is 0. The Morgan fingerprint density at radius 3 is 2.50 bits per heavy atom. The van der Waals surface area contributed by atoms with Crippen LogP contribution in [0.2, 0.25) is 18.1 Å². The smallest absolute Gasteiger partial charge is 0.0476 e. The first-order valence-electron chi connectivity index (χ1n) is 3.63. The molecule has 0 aromatic rings. The molecule has 0 aliphatic carbocycles. The maximum absolute atomic E-state index is 2.48. The lowest BCUT2D eigenvalue weighted by atomic mass is 10.2. The molecule has 0 saturated carbocycles. The van der Waals surface area contributed by atoms with Crippen LogP contribution in [0.5, 0.6) is 0 Å². The summed E-state index contributed by atoms with van der Waals surface area (Å²) in [5.41, 5.74) is 1.11. The molecule has 0 aromatic carbocycles. The average molecular weight is 127 g/mol. The van der Waals surface area contributed by atoms with Crippen molar-refractivity contribution < 1.29 is 0 Å². The van der Waals surface area contributed by atoms with E-state index < -0.39 is 0 Å². The second kappa shape index (κ2) is 2.67. The van der Waals surface area contributed by atoms with Gasteiger partial charge in [-0.15, -0.1) is 0 Å². The summed E-state index contributed by atoms with van der Waals surface area (Å²) in [6.07, 6.45) is 4.54. The largest absolute Gasteiger partial charge is 0.0709 e. The normalized spacial score (nSPS) is 33.0. The van der Waals surface area contributed by atoms with Gasteiger partial charge in [0.2, 0.25) is 0 Å². The third-order valence-corrected chi connectivity index (χ3v) is 5.41. The molecule has 0 bridgehead atoms. The Bertz CT molecular complexity index is 60.8. The Morgan fingerprint density at radius 1 is 1.38 bits per heavy atom. The summed E-state index contributed by atoms with van der Waals surface area (Å²) < 4.78 is 0. The molecule has 0 N–H and O–H groups in total. The first kappa shape index (κ1) is 6.34. The number of hydrogen-bond acceptors (Lipinski definition) is 0. The van der Waals surface area contributed by atoms with Gasteiger partial charge in [0.15, 0.2) is 0 Å². The quantitative estimate of drug-likeness (QED) is 0.439. The van der Waals surface area contributed by atoms with Gasteiger partial charge in [-0.1, -0.05) is 44.3 Å². The van der Waals surface area contributed by atoms with Crippen molar-refractivity contribution in [1.82, 2.24) is 0 Å². The zero-order valence-electron chi connectivity index (χ0n) is 5.91. The van der Waals surface area contributed by atoms with E-state index in [9.17, 15) is 0 Å². The van der Waals surface area contributed by atoms with Crippen molar-refractivity contribution >= 4 is 8.80 Å². The summed E-state index contributed by atoms with van der Waals surface area (Å²) in [6, 6.07) is 1.58. The first-order chi connectivity index (χ1) is 3.80. The third kappa shape index (κ3) is 1.34. The standard InChI is InChI=1S/C7H15Si/c1-7-5-3-4-6-8(7)2/h7H,3-6H2,1-2H3. The Balaban J connectivity index is 2.28. The molecular weight excluding hydrogens is 112 g/mol. The van der Waals surface area contributed by atoms with Crippen LogP contribution in [0.15, 0.2) is 0 Å². The molecule has 0 aromatic heterocycles. The van der Waals surface area contributed by atoms with E-state index in [-0.39, 0.29) is 8.80 Å². The Labute approximate surface area is 53.9 Å². The van der Waals surface area contributed by atoms with Crippen LogP contribution < -0.4 is 0 Å². The van der Waals surface area contributed by atoms with E-state index >= 15 is 0 Å². The second-order valence-corrected chi connectivity index (χ2v) is 6.17. The van der Waals surface area contributed by atoms with Crippen molar-refractivity contribution in [3.05, 3.63) is 0 Å². The molecule has 1 heteroatoms. The summed E-state index contributed by atoms with van der Waals surface area (Å²) in [5.74, 6) is 0. The van der Waals surface area contributed by atoms with E-state index in [4.69, 9.17) is 0 Å². The molecule has 1 rings (SSSR count). The molecule has 0 spiro atoms. The lowest BCUT2D eigenvalue weighted by Crippen LogP contribution is -2.17. The molecule has 1 aliphatic heterocycles. The first-order valence-corrected chi connectivity index (χ1v) is 5.91. The SMILES string of the molecule is CC1CCCC[Si]1C. The molecule has 1 saturated heterocycles. The summed E-state index contributed by atoms with van der Waals surface area (Å²) >= 11 is 0. The van der Waals surface area contributed by atoms with E-state index in [0.29, 0.717) is 0 Å². The third-order valence-electron chi connectivity index (χ3n) is 2.30. The topological polar surface area (TPSA) is 0 Å². The van der Waals surface area contributed by atoms with Crippen LogP contribution in [-0.2, 0) is 0 Å². The highest BCUT2D eigenvalue weighted by Gasteiger charge is 2.17. The molecule has 1 fully saturated rings. The van der Waals surface area contributed by atoms with Crippen molar-refractivity contribution in [1.29, 1.82) is 0 Å². The Morgan fingerprint density at radius 2 is 2.12 bits per heavy atom. The summed E-state index contributed by atoms with van der Waals surface area (Å²) in [7, 11) is 0.129. The highest BCUT2D eigenvalue weighted by atomic mass is 28.3. The molecule has 8 heavy (non-hydrogen) atoms. The van der Waals surface area contributed by atoms with Gasteiger partial charge in [-0.05, 0) is 0 Å². The predicted octanol–water partition coefficient (Wildman–Crippen LogP) is 2.69. The number of rotatable bonds is 0. The molecular formula is C7H15Si. The van der Waals surface area contributed by atoms with Crippen LogP contribution in [-0.4, -0.2) is 8.80 Å². The van der Waals surface area contributed by atoms with Crippen LogP contribution in [0.25, 0.3) is 0 Å². The van der Waals surface area contributed by atoms with Gasteiger partial charge in [-0.3, -0.25) is 0 Å². The van der Waals surface area contributed by atoms with Crippen molar-refractivity contribution in [2.75, 3.05) is 0 Å². The van der Waals surface area contributed by atoms with Gasteiger partial charge in [-0.25, -0.2) is 0 Å². The van der Waals surface area contributed by atoms with Crippen LogP contribution in [0.3, 0.4) is 0 Å². The van der Waals surface area contributed by atoms with Gasteiger partial charge in [-0.2, -0.15) is 0 Å². The predicted molar refractivity (Wildman–Crippen MR) is 39.7 cm³/mol. The summed E-state index contributed by atoms with van der Waals surface area (Å²) in [6.45, 7) is 4.90. The Hall–Kier alpha value is 0.217. The molecule has 1 atom stereocenters. The molecule has 1 unspecified atom stereocenters. The fourth-order valence-corrected chi connectivity index (χ4v) is 3.34. The molecule has 0 nitrogen and oxygen atoms in total. The zero-order chi connectivity index (χ0) is 5.98. The van der Waals surface area contributed by atoms with Crippen molar-refractivity contribution in [2.45, 2.75) is 44.3 Å². The van der Waals surface area contributed by atoms with E-state index in [1.807, 2.05) is 0 Å². The van der Waals surface area contributed by atoms with Gasteiger partial charge in [0.05, 0.1) is 0 Å². The second-order valence-electron chi connectivity index (χ2n) is 2.99. The molecule has 0 amide bonds. The molecule has 1 heterocycles. The van der Waals surface area contributed by atoms with Crippen molar-refractivity contribution in [3.8, 4) is 0 Å². The molecule has 47 valence electrons. The van der Waals surface area contributed by atoms with E-state index in [1.54, 1.807) is 6.04 Å². The lowest BCUT2D eigenvalue weighted by Gasteiger charge is -2.22. The fraction of sp³-hybridized carbons (Fsp3) is 1.00. The van der Waals surface area contributed by atoms with E-state index in [0.717, 1.165) is 5.54 Å². The molecule has 1 aliphatic rings. The monoisotopic (exact) mass is 127 g/mol. The Kier molecular flexibility index (Phi) is 2.12. The average Bonchev–Trinajstić information content (AvgIpc) is 1.77. The zero-order valence-corrected chi connectivity index (χ0v) is 6.91. The van der Waals surface area contributed by atoms with Gasteiger partial charge < -0.3 is 0 Å². The van der Waals surface area contributed by atoms with Gasteiger partial charge in [0.25, 0.3) is 0 Å². The highest BCUT2D eigenvalue weighted by Crippen LogP contribution is 2.27. The maximum atomic E-state index is 2.48. The van der Waals surface area contributed by atoms with Crippen LogP contribution in [0, 0.1) is 0 Å². The van der Waals surface area contributed by atoms with E-state index in [1.165, 1.54) is 19.3 Å².